The average Bonchev–Trinajstić information content (AvgIpc) is 1.59. The first-order valence-corrected chi connectivity index (χ1v) is 39.9. The number of thioether (sulfide) groups is 1. The normalized spacial score (nSPS) is 12.5. The van der Waals surface area contributed by atoms with E-state index in [-0.39, 0.29) is 0 Å². The molecule has 19 aromatic rings. The quantitative estimate of drug-likeness (QED) is 0.0953. The van der Waals surface area contributed by atoms with Gasteiger partial charge in [0.05, 0.1) is 20.8 Å². The van der Waals surface area contributed by atoms with Crippen LogP contribution in [0.1, 0.15) is 16.4 Å². The van der Waals surface area contributed by atoms with E-state index in [2.05, 4.69) is 426 Å². The standard InChI is InChI=1S/C52H38N2S2.C48H32N2S2/c1-3-13-43(14-4-1)53(47-31-23-39(24-32-47)51-35-41-11-7-9-17-49(41)55-51)45-27-19-37(20-28-45)38-21-29-46(30-22-38)54(44-15-5-2-6-16-44)48-33-25-40(26-34-48)52-36-42-12-8-10-18-50(42)56-52;1-3-13-35(14-4-1)49(43-21-11-19-41-39-17-7-9-23-45(39)51-47(41)43)37-29-25-33(26-30-37)34-27-31-38(32-28-34)50(36-15-5-2-6-16-36)44-22-12-20-42-40-18-8-10-24-46(40)52-48(42)44/h1-35,52H,36H2;1-32H. The van der Waals surface area contributed by atoms with Gasteiger partial charge in [-0.3, -0.25) is 0 Å². The Bertz CT molecular complexity index is 6090. The molecule has 3 aromatic heterocycles. The number of hydrogen-bond donors (Lipinski definition) is 0. The predicted octanol–water partition coefficient (Wildman–Crippen LogP) is 30.6. The summed E-state index contributed by atoms with van der Waals surface area (Å²) in [6.07, 6.45) is 1.08. The monoisotopic (exact) mass is 1450 g/mol. The van der Waals surface area contributed by atoms with E-state index in [1.54, 1.807) is 0 Å². The van der Waals surface area contributed by atoms with Crippen molar-refractivity contribution in [2.75, 3.05) is 19.6 Å². The van der Waals surface area contributed by atoms with Crippen LogP contribution >= 0.6 is 45.8 Å². The maximum absolute atomic E-state index is 2.39. The number of nitrogens with zero attached hydrogens (tertiary/aromatic N) is 4. The SMILES string of the molecule is c1ccc(N(c2ccc(-c3ccc(N(c4ccccc4)c4ccc(C5Cc6ccccc6S5)cc4)cc3)cc2)c2ccc(-c3cc4ccccc4s3)cc2)cc1.c1ccc(N(c2ccc(-c3ccc(N(c4ccccc4)c4cccc5c4sc4ccccc45)cc3)cc2)c2cccc3c2sc2ccccc23)cc1. The van der Waals surface area contributed by atoms with Gasteiger partial charge in [0.2, 0.25) is 0 Å². The Kier molecular flexibility index (Phi) is 18.0. The van der Waals surface area contributed by atoms with Crippen LogP contribution in [0.3, 0.4) is 0 Å². The predicted molar refractivity (Wildman–Crippen MR) is 468 cm³/mol. The lowest BCUT2D eigenvalue weighted by atomic mass is 10.0. The fourth-order valence-electron chi connectivity index (χ4n) is 15.2. The van der Waals surface area contributed by atoms with Crippen LogP contribution in [0, 0.1) is 0 Å². The van der Waals surface area contributed by atoms with Crippen molar-refractivity contribution in [3.05, 3.63) is 418 Å². The minimum absolute atomic E-state index is 0.454. The Morgan fingerprint density at radius 2 is 0.556 bits per heavy atom. The summed E-state index contributed by atoms with van der Waals surface area (Å²) in [4.78, 5) is 12.1. The topological polar surface area (TPSA) is 13.0 Å². The second-order valence-electron chi connectivity index (χ2n) is 27.1. The summed E-state index contributed by atoms with van der Waals surface area (Å²) < 4.78 is 6.52. The third kappa shape index (κ3) is 13.1. The van der Waals surface area contributed by atoms with E-state index in [0.717, 1.165) is 63.3 Å². The van der Waals surface area contributed by atoms with Gasteiger partial charge < -0.3 is 19.6 Å². The second kappa shape index (κ2) is 29.4. The summed E-state index contributed by atoms with van der Waals surface area (Å²) >= 11 is 7.55. The summed E-state index contributed by atoms with van der Waals surface area (Å²) in [5, 5.41) is 6.95. The second-order valence-corrected chi connectivity index (χ2v) is 31.5. The maximum atomic E-state index is 2.39. The lowest BCUT2D eigenvalue weighted by Crippen LogP contribution is -2.10. The van der Waals surface area contributed by atoms with Gasteiger partial charge in [0.25, 0.3) is 0 Å². The molecule has 0 spiro atoms. The molecular weight excluding hydrogens is 1390 g/mol. The average molecular weight is 1460 g/mol. The van der Waals surface area contributed by atoms with Crippen LogP contribution in [0.15, 0.2) is 411 Å². The lowest BCUT2D eigenvalue weighted by molar-refractivity contribution is 0.949. The first kappa shape index (κ1) is 66.2. The molecule has 20 rings (SSSR count). The Morgan fingerprint density at radius 1 is 0.231 bits per heavy atom. The van der Waals surface area contributed by atoms with Crippen molar-refractivity contribution in [1.29, 1.82) is 0 Å². The van der Waals surface area contributed by atoms with Gasteiger partial charge in [-0.2, -0.15) is 0 Å². The fourth-order valence-corrected chi connectivity index (χ4v) is 20.0. The number of benzene rings is 16. The van der Waals surface area contributed by atoms with Crippen LogP contribution < -0.4 is 19.6 Å². The Balaban J connectivity index is 0.000000147. The molecule has 0 fully saturated rings. The molecule has 108 heavy (non-hydrogen) atoms. The molecule has 4 heterocycles. The van der Waals surface area contributed by atoms with E-state index in [4.69, 9.17) is 0 Å². The zero-order valence-corrected chi connectivity index (χ0v) is 62.2. The summed E-state index contributed by atoms with van der Waals surface area (Å²) in [5.74, 6) is 0. The molecule has 8 heteroatoms. The molecule has 1 aliphatic rings. The molecule has 0 saturated carbocycles. The number of thiophene rings is 3. The van der Waals surface area contributed by atoms with Crippen molar-refractivity contribution in [2.45, 2.75) is 16.6 Å². The smallest absolute Gasteiger partial charge is 0.0640 e. The van der Waals surface area contributed by atoms with Gasteiger partial charge in [-0.15, -0.1) is 45.8 Å². The van der Waals surface area contributed by atoms with Gasteiger partial charge in [-0.05, 0) is 215 Å². The first-order valence-electron chi connectivity index (χ1n) is 36.6. The van der Waals surface area contributed by atoms with Crippen LogP contribution in [-0.4, -0.2) is 0 Å². The molecule has 514 valence electrons. The van der Waals surface area contributed by atoms with Gasteiger partial charge in [0, 0.05) is 108 Å². The highest BCUT2D eigenvalue weighted by atomic mass is 32.2. The van der Waals surface area contributed by atoms with E-state index in [1.165, 1.54) is 111 Å². The van der Waals surface area contributed by atoms with Crippen molar-refractivity contribution in [1.82, 2.24) is 0 Å². The Morgan fingerprint density at radius 3 is 0.972 bits per heavy atom. The van der Waals surface area contributed by atoms with Crippen LogP contribution in [0.4, 0.5) is 68.2 Å². The highest BCUT2D eigenvalue weighted by Crippen LogP contribution is 2.50. The van der Waals surface area contributed by atoms with E-state index >= 15 is 0 Å². The highest BCUT2D eigenvalue weighted by molar-refractivity contribution is 7.99. The minimum atomic E-state index is 0.454. The van der Waals surface area contributed by atoms with E-state index in [9.17, 15) is 0 Å². The number of para-hydroxylation sites is 4. The maximum Gasteiger partial charge on any atom is 0.0640 e. The van der Waals surface area contributed by atoms with Gasteiger partial charge in [-0.1, -0.05) is 243 Å². The van der Waals surface area contributed by atoms with Crippen molar-refractivity contribution in [2.24, 2.45) is 0 Å². The van der Waals surface area contributed by atoms with E-state index in [1.807, 2.05) is 45.8 Å². The van der Waals surface area contributed by atoms with Crippen LogP contribution in [0.2, 0.25) is 0 Å². The molecular formula is C100H70N4S4. The molecule has 0 bridgehead atoms. The van der Waals surface area contributed by atoms with Gasteiger partial charge >= 0.3 is 0 Å². The molecule has 16 aromatic carbocycles. The Hall–Kier alpha value is -12.5. The third-order valence-electron chi connectivity index (χ3n) is 20.5. The lowest BCUT2D eigenvalue weighted by Gasteiger charge is -2.26. The largest absolute Gasteiger partial charge is 0.311 e. The zero-order chi connectivity index (χ0) is 71.7. The molecule has 4 nitrogen and oxygen atoms in total. The summed E-state index contributed by atoms with van der Waals surface area (Å²) in [5.41, 5.74) is 22.5. The first-order chi connectivity index (χ1) is 53.5. The summed E-state index contributed by atoms with van der Waals surface area (Å²) in [7, 11) is 0. The molecule has 0 saturated heterocycles. The summed E-state index contributed by atoms with van der Waals surface area (Å²) in [6.45, 7) is 0. The van der Waals surface area contributed by atoms with Crippen LogP contribution in [0.5, 0.6) is 0 Å². The molecule has 0 amide bonds. The molecule has 0 aliphatic carbocycles. The Labute approximate surface area is 645 Å². The number of fused-ring (bicyclic) bond motifs is 8. The molecule has 1 aliphatic heterocycles. The highest BCUT2D eigenvalue weighted by Gasteiger charge is 2.26. The van der Waals surface area contributed by atoms with Crippen molar-refractivity contribution >= 4 is 164 Å². The fraction of sp³-hybridized carbons (Fsp3) is 0.0200. The number of hydrogen-bond acceptors (Lipinski definition) is 8. The zero-order valence-electron chi connectivity index (χ0n) is 58.9. The van der Waals surface area contributed by atoms with Crippen LogP contribution in [0.25, 0.3) is 83.1 Å². The van der Waals surface area contributed by atoms with E-state index < -0.39 is 0 Å². The number of rotatable bonds is 16. The van der Waals surface area contributed by atoms with Crippen molar-refractivity contribution in [3.63, 3.8) is 0 Å². The van der Waals surface area contributed by atoms with Crippen LogP contribution in [-0.2, 0) is 6.42 Å². The van der Waals surface area contributed by atoms with Crippen molar-refractivity contribution in [3.8, 4) is 32.7 Å². The summed E-state index contributed by atoms with van der Waals surface area (Å²) in [6, 6.07) is 147. The number of anilines is 12. The third-order valence-corrected chi connectivity index (χ3v) is 25.4. The van der Waals surface area contributed by atoms with Crippen molar-refractivity contribution < 1.29 is 0 Å². The molecule has 0 N–H and O–H groups in total. The molecule has 1 unspecified atom stereocenters. The van der Waals surface area contributed by atoms with Gasteiger partial charge in [0.1, 0.15) is 0 Å². The molecule has 0 radical (unpaired) electrons. The minimum Gasteiger partial charge on any atom is -0.311 e. The van der Waals surface area contributed by atoms with Gasteiger partial charge in [-0.25, -0.2) is 0 Å². The van der Waals surface area contributed by atoms with Gasteiger partial charge in [0.15, 0.2) is 0 Å². The van der Waals surface area contributed by atoms with E-state index in [0.29, 0.717) is 5.25 Å². The molecule has 1 atom stereocenters.